The number of anilines is 1. The van der Waals surface area contributed by atoms with Gasteiger partial charge in [0.1, 0.15) is 11.7 Å². The van der Waals surface area contributed by atoms with E-state index in [1.807, 2.05) is 0 Å². The van der Waals surface area contributed by atoms with Crippen molar-refractivity contribution < 1.29 is 13.9 Å². The van der Waals surface area contributed by atoms with Gasteiger partial charge >= 0.3 is 6.09 Å². The Labute approximate surface area is 91.9 Å². The van der Waals surface area contributed by atoms with E-state index in [-0.39, 0.29) is 12.2 Å². The van der Waals surface area contributed by atoms with Crippen LogP contribution in [0.5, 0.6) is 0 Å². The normalized spacial score (nSPS) is 9.62. The molecule has 1 rings (SSSR count). The third-order valence-electron chi connectivity index (χ3n) is 1.78. The number of nitrogen functional groups attached to an aromatic ring is 1. The first-order valence-electron chi connectivity index (χ1n) is 4.62. The van der Waals surface area contributed by atoms with E-state index in [0.717, 1.165) is 6.07 Å². The fourth-order valence-corrected chi connectivity index (χ4v) is 1.09. The molecular weight excluding hydrogens is 213 g/mol. The van der Waals surface area contributed by atoms with Gasteiger partial charge in [-0.2, -0.15) is 0 Å². The van der Waals surface area contributed by atoms with E-state index < -0.39 is 17.7 Å². The summed E-state index contributed by atoms with van der Waals surface area (Å²) in [5.74, 6) is -1.01. The SMILES string of the molecule is CCOC(=O)Nc1ccc(F)c(C(=N)N)c1. The number of benzene rings is 1. The van der Waals surface area contributed by atoms with Gasteiger partial charge in [-0.3, -0.25) is 10.7 Å². The molecule has 0 atom stereocenters. The molecule has 1 amide bonds. The van der Waals surface area contributed by atoms with E-state index in [4.69, 9.17) is 11.1 Å². The highest BCUT2D eigenvalue weighted by atomic mass is 19.1. The van der Waals surface area contributed by atoms with Crippen LogP contribution in [0, 0.1) is 11.2 Å². The Morgan fingerprint density at radius 2 is 2.31 bits per heavy atom. The topological polar surface area (TPSA) is 88.2 Å². The summed E-state index contributed by atoms with van der Waals surface area (Å²) in [4.78, 5) is 11.1. The van der Waals surface area contributed by atoms with Crippen molar-refractivity contribution in [3.05, 3.63) is 29.6 Å². The molecule has 0 fully saturated rings. The van der Waals surface area contributed by atoms with Crippen LogP contribution in [0.4, 0.5) is 14.9 Å². The molecule has 4 N–H and O–H groups in total. The van der Waals surface area contributed by atoms with Crippen LogP contribution in [0.25, 0.3) is 0 Å². The van der Waals surface area contributed by atoms with Gasteiger partial charge in [-0.25, -0.2) is 9.18 Å². The van der Waals surface area contributed by atoms with Crippen LogP contribution in [-0.2, 0) is 4.74 Å². The Bertz CT molecular complexity index is 421. The van der Waals surface area contributed by atoms with E-state index in [1.54, 1.807) is 6.92 Å². The first-order valence-corrected chi connectivity index (χ1v) is 4.62. The Kier molecular flexibility index (Phi) is 3.82. The minimum absolute atomic E-state index is 0.0608. The summed E-state index contributed by atoms with van der Waals surface area (Å²) in [7, 11) is 0. The molecule has 0 heterocycles. The highest BCUT2D eigenvalue weighted by Crippen LogP contribution is 2.14. The van der Waals surface area contributed by atoms with Crippen molar-refractivity contribution in [2.24, 2.45) is 5.73 Å². The van der Waals surface area contributed by atoms with Crippen LogP contribution in [0.15, 0.2) is 18.2 Å². The van der Waals surface area contributed by atoms with Crippen molar-refractivity contribution in [1.82, 2.24) is 0 Å². The molecule has 0 aliphatic heterocycles. The number of amidine groups is 1. The molecule has 1 aromatic rings. The Balaban J connectivity index is 2.87. The Morgan fingerprint density at radius 1 is 1.62 bits per heavy atom. The second-order valence-electron chi connectivity index (χ2n) is 2.95. The van der Waals surface area contributed by atoms with Crippen molar-refractivity contribution in [3.8, 4) is 0 Å². The lowest BCUT2D eigenvalue weighted by Crippen LogP contribution is -2.16. The summed E-state index contributed by atoms with van der Waals surface area (Å²) in [6.45, 7) is 1.91. The maximum Gasteiger partial charge on any atom is 0.411 e. The third-order valence-corrected chi connectivity index (χ3v) is 1.78. The Morgan fingerprint density at radius 3 is 2.88 bits per heavy atom. The molecule has 86 valence electrons. The number of carbonyl (C=O) groups excluding carboxylic acids is 1. The smallest absolute Gasteiger partial charge is 0.411 e. The zero-order valence-electron chi connectivity index (χ0n) is 8.71. The maximum atomic E-state index is 13.1. The molecule has 0 bridgehead atoms. The monoisotopic (exact) mass is 225 g/mol. The van der Waals surface area contributed by atoms with Gasteiger partial charge < -0.3 is 10.5 Å². The second-order valence-corrected chi connectivity index (χ2v) is 2.95. The molecular formula is C10H12FN3O2. The highest BCUT2D eigenvalue weighted by Gasteiger charge is 2.08. The van der Waals surface area contributed by atoms with Gasteiger partial charge in [0.15, 0.2) is 0 Å². The summed E-state index contributed by atoms with van der Waals surface area (Å²) in [6.07, 6.45) is -0.636. The molecule has 5 nitrogen and oxygen atoms in total. The lowest BCUT2D eigenvalue weighted by atomic mass is 10.1. The number of nitrogens with two attached hydrogens (primary N) is 1. The molecule has 0 saturated carbocycles. The van der Waals surface area contributed by atoms with Crippen LogP contribution in [0.3, 0.4) is 0 Å². The molecule has 0 unspecified atom stereocenters. The number of ether oxygens (including phenoxy) is 1. The molecule has 0 aliphatic carbocycles. The van der Waals surface area contributed by atoms with Crippen molar-refractivity contribution in [2.45, 2.75) is 6.92 Å². The number of amides is 1. The van der Waals surface area contributed by atoms with Gasteiger partial charge in [0, 0.05) is 5.69 Å². The maximum absolute atomic E-state index is 13.1. The zero-order chi connectivity index (χ0) is 12.1. The third kappa shape index (κ3) is 2.94. The van der Waals surface area contributed by atoms with Gasteiger partial charge in [-0.15, -0.1) is 0 Å². The minimum atomic E-state index is -0.636. The summed E-state index contributed by atoms with van der Waals surface area (Å²) < 4.78 is 17.8. The molecule has 0 aliphatic rings. The number of hydrogen-bond donors (Lipinski definition) is 3. The van der Waals surface area contributed by atoms with Crippen molar-refractivity contribution >= 4 is 17.6 Å². The van der Waals surface area contributed by atoms with Crippen LogP contribution in [0.1, 0.15) is 12.5 Å². The fourth-order valence-electron chi connectivity index (χ4n) is 1.09. The minimum Gasteiger partial charge on any atom is -0.450 e. The highest BCUT2D eigenvalue weighted by molar-refractivity contribution is 5.97. The summed E-state index contributed by atoms with van der Waals surface area (Å²) >= 11 is 0. The number of hydrogen-bond acceptors (Lipinski definition) is 3. The zero-order valence-corrected chi connectivity index (χ0v) is 8.71. The second kappa shape index (κ2) is 5.11. The van der Waals surface area contributed by atoms with Crippen LogP contribution >= 0.6 is 0 Å². The van der Waals surface area contributed by atoms with Crippen molar-refractivity contribution in [1.29, 1.82) is 5.41 Å². The quantitative estimate of drug-likeness (QED) is 0.540. The number of halogens is 1. The largest absolute Gasteiger partial charge is 0.450 e. The lowest BCUT2D eigenvalue weighted by Gasteiger charge is -2.07. The van der Waals surface area contributed by atoms with E-state index >= 15 is 0 Å². The fraction of sp³-hybridized carbons (Fsp3) is 0.200. The molecule has 0 spiro atoms. The lowest BCUT2D eigenvalue weighted by molar-refractivity contribution is 0.168. The van der Waals surface area contributed by atoms with Crippen LogP contribution in [0.2, 0.25) is 0 Å². The van der Waals surface area contributed by atoms with Gasteiger partial charge in [0.05, 0.1) is 12.2 Å². The molecule has 16 heavy (non-hydrogen) atoms. The average Bonchev–Trinajstić information content (AvgIpc) is 2.21. The predicted octanol–water partition coefficient (Wildman–Crippen LogP) is 1.68. The van der Waals surface area contributed by atoms with E-state index in [0.29, 0.717) is 5.69 Å². The number of nitrogens with one attached hydrogen (secondary N) is 2. The van der Waals surface area contributed by atoms with E-state index in [2.05, 4.69) is 10.1 Å². The predicted molar refractivity (Wildman–Crippen MR) is 58.1 cm³/mol. The molecule has 6 heteroatoms. The molecule has 0 aromatic heterocycles. The average molecular weight is 225 g/mol. The Hall–Kier alpha value is -2.11. The van der Waals surface area contributed by atoms with Gasteiger partial charge in [0.2, 0.25) is 0 Å². The summed E-state index contributed by atoms with van der Waals surface area (Å²) in [5.41, 5.74) is 5.44. The molecule has 0 radical (unpaired) electrons. The molecule has 0 saturated heterocycles. The van der Waals surface area contributed by atoms with Crippen LogP contribution < -0.4 is 11.1 Å². The van der Waals surface area contributed by atoms with Gasteiger partial charge in [0.25, 0.3) is 0 Å². The van der Waals surface area contributed by atoms with E-state index in [1.165, 1.54) is 12.1 Å². The first kappa shape index (κ1) is 12.0. The van der Waals surface area contributed by atoms with Crippen LogP contribution in [-0.4, -0.2) is 18.5 Å². The van der Waals surface area contributed by atoms with Crippen molar-refractivity contribution in [3.63, 3.8) is 0 Å². The summed E-state index contributed by atoms with van der Waals surface area (Å²) in [5, 5.41) is 9.52. The van der Waals surface area contributed by atoms with E-state index in [9.17, 15) is 9.18 Å². The van der Waals surface area contributed by atoms with Crippen molar-refractivity contribution in [2.75, 3.05) is 11.9 Å². The van der Waals surface area contributed by atoms with Gasteiger partial charge in [-0.1, -0.05) is 0 Å². The summed E-state index contributed by atoms with van der Waals surface area (Å²) in [6, 6.07) is 3.76. The number of rotatable bonds is 3. The van der Waals surface area contributed by atoms with Gasteiger partial charge in [-0.05, 0) is 25.1 Å². The molecule has 1 aromatic carbocycles. The number of carbonyl (C=O) groups is 1. The standard InChI is InChI=1S/C10H12FN3O2/c1-2-16-10(15)14-6-3-4-8(11)7(5-6)9(12)13/h3-5H,2H2,1H3,(H3,12,13)(H,14,15). The first-order chi connectivity index (χ1) is 7.54.